The minimum atomic E-state index is 0.189. The summed E-state index contributed by atoms with van der Waals surface area (Å²) < 4.78 is 0. The van der Waals surface area contributed by atoms with Gasteiger partial charge in [-0.3, -0.25) is 0 Å². The molecule has 0 saturated heterocycles. The second kappa shape index (κ2) is 3.71. The highest BCUT2D eigenvalue weighted by Crippen LogP contribution is 2.26. The first-order chi connectivity index (χ1) is 5.93. The van der Waals surface area contributed by atoms with Crippen molar-refractivity contribution in [3.8, 4) is 0 Å². The Balaban J connectivity index is 3.16. The lowest BCUT2D eigenvalue weighted by Crippen LogP contribution is -2.11. The zero-order valence-corrected chi connectivity index (χ0v) is 9.57. The van der Waals surface area contributed by atoms with E-state index >= 15 is 0 Å². The summed E-state index contributed by atoms with van der Waals surface area (Å²) in [5, 5.41) is 0.851. The third kappa shape index (κ3) is 2.73. The van der Waals surface area contributed by atoms with E-state index in [0.717, 1.165) is 11.4 Å². The molecule has 0 saturated carbocycles. The van der Waals surface area contributed by atoms with E-state index in [1.807, 2.05) is 6.07 Å². The fourth-order valence-corrected chi connectivity index (χ4v) is 1.55. The van der Waals surface area contributed by atoms with Crippen molar-refractivity contribution in [3.05, 3.63) is 34.3 Å². The monoisotopic (exact) mass is 196 g/mol. The Hall–Kier alpha value is -0.490. The zero-order valence-electron chi connectivity index (χ0n) is 8.82. The highest BCUT2D eigenvalue weighted by atomic mass is 35.5. The Morgan fingerprint density at radius 2 is 1.77 bits per heavy atom. The maximum atomic E-state index is 6.03. The maximum absolute atomic E-state index is 6.03. The molecule has 0 nitrogen and oxygen atoms in total. The molecule has 0 atom stereocenters. The first kappa shape index (κ1) is 10.6. The van der Waals surface area contributed by atoms with E-state index in [-0.39, 0.29) is 5.41 Å². The molecule has 0 aliphatic carbocycles. The van der Waals surface area contributed by atoms with E-state index in [1.165, 1.54) is 11.1 Å². The van der Waals surface area contributed by atoms with Crippen LogP contribution in [0, 0.1) is 0 Å². The molecule has 0 spiro atoms. The molecular formula is C12H17Cl. The molecule has 0 unspecified atom stereocenters. The predicted molar refractivity (Wildman–Crippen MR) is 59.5 cm³/mol. The van der Waals surface area contributed by atoms with Crippen LogP contribution in [0.15, 0.2) is 18.2 Å². The second-order valence-corrected chi connectivity index (χ2v) is 4.89. The van der Waals surface area contributed by atoms with E-state index in [1.54, 1.807) is 0 Å². The third-order valence-electron chi connectivity index (χ3n) is 2.23. The van der Waals surface area contributed by atoms with Gasteiger partial charge >= 0.3 is 0 Å². The SMILES string of the molecule is CCc1cc(Cl)cc(C(C)(C)C)c1. The molecule has 0 bridgehead atoms. The lowest BCUT2D eigenvalue weighted by molar-refractivity contribution is 0.589. The molecule has 1 aromatic rings. The zero-order chi connectivity index (χ0) is 10.1. The van der Waals surface area contributed by atoms with E-state index in [2.05, 4.69) is 39.8 Å². The standard InChI is InChI=1S/C12H17Cl/c1-5-9-6-10(12(2,3)4)8-11(13)7-9/h6-8H,5H2,1-4H3. The normalized spacial score (nSPS) is 11.8. The van der Waals surface area contributed by atoms with Gasteiger partial charge in [-0.2, -0.15) is 0 Å². The van der Waals surface area contributed by atoms with Crippen LogP contribution in [0.5, 0.6) is 0 Å². The van der Waals surface area contributed by atoms with Crippen LogP contribution in [0.25, 0.3) is 0 Å². The largest absolute Gasteiger partial charge is 0.0843 e. The maximum Gasteiger partial charge on any atom is 0.0411 e. The molecule has 0 aliphatic rings. The Morgan fingerprint density at radius 3 is 2.23 bits per heavy atom. The third-order valence-corrected chi connectivity index (χ3v) is 2.45. The fourth-order valence-electron chi connectivity index (χ4n) is 1.29. The van der Waals surface area contributed by atoms with Crippen molar-refractivity contribution in [2.24, 2.45) is 0 Å². The van der Waals surface area contributed by atoms with Gasteiger partial charge in [-0.1, -0.05) is 45.4 Å². The quantitative estimate of drug-likeness (QED) is 0.632. The van der Waals surface area contributed by atoms with E-state index < -0.39 is 0 Å². The number of hydrogen-bond donors (Lipinski definition) is 0. The number of benzene rings is 1. The topological polar surface area (TPSA) is 0 Å². The molecule has 0 heterocycles. The molecule has 0 N–H and O–H groups in total. The smallest absolute Gasteiger partial charge is 0.0411 e. The van der Waals surface area contributed by atoms with Crippen LogP contribution < -0.4 is 0 Å². The van der Waals surface area contributed by atoms with E-state index in [9.17, 15) is 0 Å². The highest BCUT2D eigenvalue weighted by Gasteiger charge is 2.14. The Labute approximate surface area is 85.9 Å². The first-order valence-electron chi connectivity index (χ1n) is 4.73. The molecule has 0 aromatic heterocycles. The van der Waals surface area contributed by atoms with E-state index in [4.69, 9.17) is 11.6 Å². The van der Waals surface area contributed by atoms with Crippen LogP contribution in [-0.2, 0) is 11.8 Å². The van der Waals surface area contributed by atoms with Gasteiger partial charge in [0.15, 0.2) is 0 Å². The van der Waals surface area contributed by atoms with Gasteiger partial charge in [0.1, 0.15) is 0 Å². The molecular weight excluding hydrogens is 180 g/mol. The molecule has 13 heavy (non-hydrogen) atoms. The molecule has 0 amide bonds. The minimum Gasteiger partial charge on any atom is -0.0843 e. The average molecular weight is 197 g/mol. The van der Waals surface area contributed by atoms with Crippen molar-refractivity contribution in [1.29, 1.82) is 0 Å². The lowest BCUT2D eigenvalue weighted by Gasteiger charge is -2.20. The minimum absolute atomic E-state index is 0.189. The lowest BCUT2D eigenvalue weighted by atomic mass is 9.86. The number of halogens is 1. The van der Waals surface area contributed by atoms with Crippen LogP contribution in [0.3, 0.4) is 0 Å². The molecule has 0 radical (unpaired) electrons. The van der Waals surface area contributed by atoms with Crippen molar-refractivity contribution in [3.63, 3.8) is 0 Å². The molecule has 1 heteroatoms. The van der Waals surface area contributed by atoms with Crippen molar-refractivity contribution in [2.75, 3.05) is 0 Å². The van der Waals surface area contributed by atoms with Gasteiger partial charge < -0.3 is 0 Å². The van der Waals surface area contributed by atoms with E-state index in [0.29, 0.717) is 0 Å². The second-order valence-electron chi connectivity index (χ2n) is 4.45. The van der Waals surface area contributed by atoms with Gasteiger partial charge in [0.05, 0.1) is 0 Å². The predicted octanol–water partition coefficient (Wildman–Crippen LogP) is 4.20. The Bertz CT molecular complexity index is 294. The molecule has 0 fully saturated rings. The van der Waals surface area contributed by atoms with Crippen LogP contribution in [-0.4, -0.2) is 0 Å². The van der Waals surface area contributed by atoms with Crippen molar-refractivity contribution < 1.29 is 0 Å². The fraction of sp³-hybridized carbons (Fsp3) is 0.500. The van der Waals surface area contributed by atoms with Crippen molar-refractivity contribution in [1.82, 2.24) is 0 Å². The molecule has 72 valence electrons. The number of rotatable bonds is 1. The summed E-state index contributed by atoms with van der Waals surface area (Å²) >= 11 is 6.03. The van der Waals surface area contributed by atoms with Gasteiger partial charge in [0.2, 0.25) is 0 Å². The summed E-state index contributed by atoms with van der Waals surface area (Å²) in [5.41, 5.74) is 2.82. The summed E-state index contributed by atoms with van der Waals surface area (Å²) in [6.45, 7) is 8.77. The summed E-state index contributed by atoms with van der Waals surface area (Å²) in [7, 11) is 0. The van der Waals surface area contributed by atoms with Gasteiger partial charge in [0.25, 0.3) is 0 Å². The molecule has 1 rings (SSSR count). The van der Waals surface area contributed by atoms with Crippen LogP contribution in [0.1, 0.15) is 38.8 Å². The Kier molecular flexibility index (Phi) is 3.02. The molecule has 1 aromatic carbocycles. The van der Waals surface area contributed by atoms with Gasteiger partial charge in [-0.15, -0.1) is 0 Å². The summed E-state index contributed by atoms with van der Waals surface area (Å²) in [5.74, 6) is 0. The average Bonchev–Trinajstić information content (AvgIpc) is 2.01. The van der Waals surface area contributed by atoms with Crippen molar-refractivity contribution >= 4 is 11.6 Å². The van der Waals surface area contributed by atoms with Crippen LogP contribution >= 0.6 is 11.6 Å². The van der Waals surface area contributed by atoms with Gasteiger partial charge in [0, 0.05) is 5.02 Å². The van der Waals surface area contributed by atoms with Gasteiger partial charge in [-0.05, 0) is 35.1 Å². The highest BCUT2D eigenvalue weighted by molar-refractivity contribution is 6.30. The Morgan fingerprint density at radius 1 is 1.15 bits per heavy atom. The first-order valence-corrected chi connectivity index (χ1v) is 5.11. The van der Waals surface area contributed by atoms with Crippen LogP contribution in [0.2, 0.25) is 5.02 Å². The summed E-state index contributed by atoms with van der Waals surface area (Å²) in [4.78, 5) is 0. The van der Waals surface area contributed by atoms with Crippen molar-refractivity contribution in [2.45, 2.75) is 39.5 Å². The van der Waals surface area contributed by atoms with Crippen LogP contribution in [0.4, 0.5) is 0 Å². The number of hydrogen-bond acceptors (Lipinski definition) is 0. The number of aryl methyl sites for hydroxylation is 1. The van der Waals surface area contributed by atoms with Gasteiger partial charge in [-0.25, -0.2) is 0 Å². The molecule has 0 aliphatic heterocycles. The summed E-state index contributed by atoms with van der Waals surface area (Å²) in [6, 6.07) is 6.34. The summed E-state index contributed by atoms with van der Waals surface area (Å²) in [6.07, 6.45) is 1.05.